The summed E-state index contributed by atoms with van der Waals surface area (Å²) in [5.74, 6) is 2.64. The molecule has 110 valence electrons. The van der Waals surface area contributed by atoms with Gasteiger partial charge in [0.25, 0.3) is 0 Å². The molecule has 7 nitrogen and oxygen atoms in total. The minimum absolute atomic E-state index is 0.284. The summed E-state index contributed by atoms with van der Waals surface area (Å²) in [4.78, 5) is 4.25. The summed E-state index contributed by atoms with van der Waals surface area (Å²) in [6.45, 7) is 8.63. The highest BCUT2D eigenvalue weighted by Gasteiger charge is 2.16. The quantitative estimate of drug-likeness (QED) is 0.792. The van der Waals surface area contributed by atoms with Crippen molar-refractivity contribution in [1.82, 2.24) is 25.0 Å². The van der Waals surface area contributed by atoms with Gasteiger partial charge in [-0.05, 0) is 32.9 Å². The van der Waals surface area contributed by atoms with Crippen LogP contribution < -0.4 is 5.32 Å². The van der Waals surface area contributed by atoms with E-state index in [1.165, 1.54) is 4.63 Å². The third-order valence-corrected chi connectivity index (χ3v) is 3.48. The van der Waals surface area contributed by atoms with E-state index in [4.69, 9.17) is 4.52 Å². The minimum atomic E-state index is 0.284. The molecule has 3 aromatic rings. The zero-order chi connectivity index (χ0) is 15.0. The number of aromatic nitrogens is 5. The summed E-state index contributed by atoms with van der Waals surface area (Å²) in [5, 5.41) is 15.9. The zero-order valence-electron chi connectivity index (χ0n) is 12.6. The van der Waals surface area contributed by atoms with Crippen LogP contribution in [0.2, 0.25) is 0 Å². The third kappa shape index (κ3) is 2.58. The van der Waals surface area contributed by atoms with Gasteiger partial charge in [-0.2, -0.15) is 0 Å². The Labute approximate surface area is 122 Å². The van der Waals surface area contributed by atoms with Crippen LogP contribution in [0, 0.1) is 20.8 Å². The lowest BCUT2D eigenvalue weighted by molar-refractivity contribution is 0.391. The van der Waals surface area contributed by atoms with E-state index in [0.29, 0.717) is 5.82 Å². The molecule has 3 rings (SSSR count). The van der Waals surface area contributed by atoms with E-state index in [1.54, 1.807) is 0 Å². The number of nitrogens with zero attached hydrogens (tertiary/aromatic N) is 5. The smallest absolute Gasteiger partial charge is 0.176 e. The highest BCUT2D eigenvalue weighted by Crippen LogP contribution is 2.23. The summed E-state index contributed by atoms with van der Waals surface area (Å²) in [7, 11) is 0. The third-order valence-electron chi connectivity index (χ3n) is 3.48. The predicted molar refractivity (Wildman–Crippen MR) is 78.4 cm³/mol. The van der Waals surface area contributed by atoms with Crippen LogP contribution in [0.15, 0.2) is 16.7 Å². The molecule has 1 atom stereocenters. The maximum atomic E-state index is 5.21. The Balaban J connectivity index is 1.74. The fourth-order valence-corrected chi connectivity index (χ4v) is 2.54. The number of nitrogens with one attached hydrogen (secondary N) is 1. The van der Waals surface area contributed by atoms with Crippen LogP contribution in [0.25, 0.3) is 5.65 Å². The van der Waals surface area contributed by atoms with Gasteiger partial charge >= 0.3 is 0 Å². The Hall–Kier alpha value is -2.44. The summed E-state index contributed by atoms with van der Waals surface area (Å²) < 4.78 is 6.75. The molecule has 0 aromatic carbocycles. The van der Waals surface area contributed by atoms with E-state index >= 15 is 0 Å². The number of aryl methyl sites for hydroxylation is 3. The van der Waals surface area contributed by atoms with Gasteiger partial charge in [-0.1, -0.05) is 12.1 Å². The van der Waals surface area contributed by atoms with Crippen LogP contribution in [0.5, 0.6) is 0 Å². The van der Waals surface area contributed by atoms with E-state index in [0.717, 1.165) is 35.0 Å². The number of rotatable bonds is 4. The summed E-state index contributed by atoms with van der Waals surface area (Å²) >= 11 is 0. The summed E-state index contributed by atoms with van der Waals surface area (Å²) in [6.07, 6.45) is 0. The van der Waals surface area contributed by atoms with Crippen molar-refractivity contribution < 1.29 is 4.52 Å². The van der Waals surface area contributed by atoms with Crippen LogP contribution in [-0.4, -0.2) is 31.5 Å². The van der Waals surface area contributed by atoms with Gasteiger partial charge in [-0.3, -0.25) is 0 Å². The molecular weight excluding hydrogens is 268 g/mol. The summed E-state index contributed by atoms with van der Waals surface area (Å²) in [6, 6.07) is 3.80. The Bertz CT molecular complexity index is 755. The topological polar surface area (TPSA) is 81.1 Å². The zero-order valence-corrected chi connectivity index (χ0v) is 12.6. The lowest BCUT2D eigenvalue weighted by Gasteiger charge is -2.12. The van der Waals surface area contributed by atoms with E-state index in [1.807, 2.05) is 32.9 Å². The maximum absolute atomic E-state index is 5.21. The standard InChI is InChI=1S/C14H18N6O/c1-8(14-9(2)19-21-10(14)3)7-15-12-5-6-13-16-11(4)17-20(13)18-12/h5-6,8H,7H2,1-4H3,(H,15,18)/t8-/m0/s1. The van der Waals surface area contributed by atoms with Gasteiger partial charge in [-0.15, -0.1) is 14.8 Å². The second-order valence-corrected chi connectivity index (χ2v) is 5.25. The van der Waals surface area contributed by atoms with Crippen LogP contribution in [0.4, 0.5) is 5.82 Å². The van der Waals surface area contributed by atoms with Gasteiger partial charge in [0, 0.05) is 18.0 Å². The molecule has 3 heterocycles. The molecule has 0 amide bonds. The first-order chi connectivity index (χ1) is 10.0. The van der Waals surface area contributed by atoms with Crippen molar-refractivity contribution in [2.24, 2.45) is 0 Å². The van der Waals surface area contributed by atoms with Crippen molar-refractivity contribution in [1.29, 1.82) is 0 Å². The first kappa shape index (κ1) is 13.5. The molecule has 1 N–H and O–H groups in total. The van der Waals surface area contributed by atoms with Crippen molar-refractivity contribution in [3.05, 3.63) is 35.0 Å². The monoisotopic (exact) mass is 286 g/mol. The minimum Gasteiger partial charge on any atom is -0.368 e. The van der Waals surface area contributed by atoms with Crippen LogP contribution >= 0.6 is 0 Å². The second-order valence-electron chi connectivity index (χ2n) is 5.25. The molecule has 0 aliphatic rings. The molecule has 0 aliphatic heterocycles. The number of anilines is 1. The lowest BCUT2D eigenvalue weighted by atomic mass is 10.00. The van der Waals surface area contributed by atoms with Gasteiger partial charge in [0.15, 0.2) is 5.65 Å². The van der Waals surface area contributed by atoms with Crippen molar-refractivity contribution >= 4 is 11.5 Å². The predicted octanol–water partition coefficient (Wildman–Crippen LogP) is 2.25. The van der Waals surface area contributed by atoms with E-state index < -0.39 is 0 Å². The van der Waals surface area contributed by atoms with E-state index in [9.17, 15) is 0 Å². The Morgan fingerprint density at radius 2 is 2.05 bits per heavy atom. The Morgan fingerprint density at radius 3 is 2.76 bits per heavy atom. The SMILES string of the molecule is Cc1nc2ccc(NC[C@H](C)c3c(C)noc3C)nn2n1. The first-order valence-electron chi connectivity index (χ1n) is 6.92. The van der Waals surface area contributed by atoms with Gasteiger partial charge in [0.1, 0.15) is 17.4 Å². The number of hydrogen-bond donors (Lipinski definition) is 1. The normalized spacial score (nSPS) is 12.8. The van der Waals surface area contributed by atoms with Gasteiger partial charge in [0.05, 0.1) is 5.69 Å². The molecule has 0 aliphatic carbocycles. The van der Waals surface area contributed by atoms with Crippen molar-refractivity contribution in [3.63, 3.8) is 0 Å². The van der Waals surface area contributed by atoms with Crippen LogP contribution in [-0.2, 0) is 0 Å². The second kappa shape index (κ2) is 5.16. The molecule has 0 radical (unpaired) electrons. The fraction of sp³-hybridized carbons (Fsp3) is 0.429. The fourth-order valence-electron chi connectivity index (χ4n) is 2.54. The van der Waals surface area contributed by atoms with Crippen molar-refractivity contribution in [2.45, 2.75) is 33.6 Å². The van der Waals surface area contributed by atoms with E-state index in [-0.39, 0.29) is 5.92 Å². The molecule has 3 aromatic heterocycles. The molecular formula is C14H18N6O. The van der Waals surface area contributed by atoms with Crippen molar-refractivity contribution in [2.75, 3.05) is 11.9 Å². The highest BCUT2D eigenvalue weighted by molar-refractivity contribution is 5.43. The van der Waals surface area contributed by atoms with Crippen molar-refractivity contribution in [3.8, 4) is 0 Å². The largest absolute Gasteiger partial charge is 0.368 e. The average molecular weight is 286 g/mol. The molecule has 0 unspecified atom stereocenters. The molecule has 0 saturated heterocycles. The molecule has 0 spiro atoms. The number of fused-ring (bicyclic) bond motifs is 1. The van der Waals surface area contributed by atoms with Gasteiger partial charge in [0.2, 0.25) is 0 Å². The molecule has 21 heavy (non-hydrogen) atoms. The lowest BCUT2D eigenvalue weighted by Crippen LogP contribution is -2.13. The molecule has 0 bridgehead atoms. The Morgan fingerprint density at radius 1 is 1.24 bits per heavy atom. The first-order valence-corrected chi connectivity index (χ1v) is 6.92. The summed E-state index contributed by atoms with van der Waals surface area (Å²) in [5.41, 5.74) is 2.84. The maximum Gasteiger partial charge on any atom is 0.176 e. The van der Waals surface area contributed by atoms with Gasteiger partial charge in [-0.25, -0.2) is 4.98 Å². The highest BCUT2D eigenvalue weighted by atomic mass is 16.5. The van der Waals surface area contributed by atoms with E-state index in [2.05, 4.69) is 32.6 Å². The van der Waals surface area contributed by atoms with Crippen LogP contribution in [0.3, 0.4) is 0 Å². The average Bonchev–Trinajstić information content (AvgIpc) is 2.97. The molecule has 0 fully saturated rings. The Kier molecular flexibility index (Phi) is 3.32. The molecule has 0 saturated carbocycles. The van der Waals surface area contributed by atoms with Crippen LogP contribution in [0.1, 0.15) is 35.7 Å². The molecule has 7 heteroatoms. The number of hydrogen-bond acceptors (Lipinski definition) is 6. The van der Waals surface area contributed by atoms with Gasteiger partial charge < -0.3 is 9.84 Å².